The maximum Gasteiger partial charge on any atom is 0.337 e. The molecule has 0 unspecified atom stereocenters. The van der Waals surface area contributed by atoms with E-state index in [9.17, 15) is 9.90 Å². The summed E-state index contributed by atoms with van der Waals surface area (Å²) in [4.78, 5) is 12.4. The van der Waals surface area contributed by atoms with Crippen molar-refractivity contribution in [3.8, 4) is 0 Å². The molecule has 152 valence electrons. The Hall–Kier alpha value is -1.43. The van der Waals surface area contributed by atoms with Gasteiger partial charge in [0.15, 0.2) is 0 Å². The van der Waals surface area contributed by atoms with E-state index in [1.807, 2.05) is 6.92 Å². The van der Waals surface area contributed by atoms with Gasteiger partial charge in [-0.1, -0.05) is 32.1 Å². The molecule has 0 saturated carbocycles. The van der Waals surface area contributed by atoms with Crippen LogP contribution in [0.5, 0.6) is 0 Å². The molecule has 1 heterocycles. The molecular weight excluding hydrogens is 344 g/mol. The molecule has 5 nitrogen and oxygen atoms in total. The lowest BCUT2D eigenvalue weighted by molar-refractivity contribution is -0.159. The molecule has 1 aliphatic heterocycles. The van der Waals surface area contributed by atoms with Crippen molar-refractivity contribution in [3.05, 3.63) is 34.9 Å². The van der Waals surface area contributed by atoms with Crippen LogP contribution in [0.1, 0.15) is 59.8 Å². The maximum atomic E-state index is 12.4. The molecule has 0 aromatic rings. The Labute approximate surface area is 162 Å². The van der Waals surface area contributed by atoms with Crippen molar-refractivity contribution in [1.29, 1.82) is 0 Å². The minimum absolute atomic E-state index is 0.0456. The molecule has 0 spiro atoms. The zero-order valence-corrected chi connectivity index (χ0v) is 17.1. The standard InChI is InChI=1S/C22H34O5/c1-6-26-21-18-10-9-16(22(4,5)19(18)20(25)27-21)8-7-14(2)11-17(24)12-15(3)13-23/h12,16-17,21,23-24H,2,6-11,13H2,1,3-5H3/b15-12+/t16-,17+,21+/m1/s1. The minimum Gasteiger partial charge on any atom is -0.428 e. The molecule has 0 fully saturated rings. The molecule has 1 aliphatic carbocycles. The van der Waals surface area contributed by atoms with Gasteiger partial charge in [-0.15, -0.1) is 0 Å². The number of hydrogen-bond donors (Lipinski definition) is 2. The molecule has 0 aromatic heterocycles. The van der Waals surface area contributed by atoms with Crippen LogP contribution in [0.3, 0.4) is 0 Å². The van der Waals surface area contributed by atoms with Crippen molar-refractivity contribution in [3.63, 3.8) is 0 Å². The lowest BCUT2D eigenvalue weighted by atomic mass is 9.64. The van der Waals surface area contributed by atoms with Gasteiger partial charge in [0.25, 0.3) is 0 Å². The number of aliphatic hydroxyl groups excluding tert-OH is 2. The van der Waals surface area contributed by atoms with Gasteiger partial charge in [-0.05, 0) is 62.9 Å². The summed E-state index contributed by atoms with van der Waals surface area (Å²) in [6.45, 7) is 12.5. The average molecular weight is 379 g/mol. The van der Waals surface area contributed by atoms with E-state index < -0.39 is 12.4 Å². The minimum atomic E-state index is -0.616. The SMILES string of the molecule is C=C(CC[C@@H]1CCC2=C(C(=O)O[C@@H]2OCC)C1(C)C)C[C@H](O)/C=C(\C)CO. The second-order valence-corrected chi connectivity index (χ2v) is 8.28. The summed E-state index contributed by atoms with van der Waals surface area (Å²) < 4.78 is 11.0. The van der Waals surface area contributed by atoms with Crippen molar-refractivity contribution in [2.45, 2.75) is 72.2 Å². The van der Waals surface area contributed by atoms with Gasteiger partial charge < -0.3 is 19.7 Å². The lowest BCUT2D eigenvalue weighted by Gasteiger charge is -2.39. The third-order valence-corrected chi connectivity index (χ3v) is 5.84. The van der Waals surface area contributed by atoms with E-state index in [0.29, 0.717) is 18.9 Å². The van der Waals surface area contributed by atoms with E-state index in [-0.39, 0.29) is 18.0 Å². The molecular formula is C22H34O5. The molecule has 2 N–H and O–H groups in total. The first-order valence-electron chi connectivity index (χ1n) is 9.89. The summed E-state index contributed by atoms with van der Waals surface area (Å²) >= 11 is 0. The van der Waals surface area contributed by atoms with Crippen LogP contribution >= 0.6 is 0 Å². The van der Waals surface area contributed by atoms with E-state index in [1.165, 1.54) is 0 Å². The molecule has 0 radical (unpaired) electrons. The predicted molar refractivity (Wildman–Crippen MR) is 105 cm³/mol. The zero-order valence-electron chi connectivity index (χ0n) is 17.1. The van der Waals surface area contributed by atoms with Crippen LogP contribution < -0.4 is 0 Å². The van der Waals surface area contributed by atoms with Gasteiger partial charge in [0.2, 0.25) is 6.29 Å². The number of rotatable bonds is 9. The molecule has 3 atom stereocenters. The van der Waals surface area contributed by atoms with Crippen LogP contribution in [0.15, 0.2) is 34.9 Å². The normalized spacial score (nSPS) is 26.0. The van der Waals surface area contributed by atoms with Crippen LogP contribution in [-0.4, -0.2) is 41.8 Å². The molecule has 0 aromatic carbocycles. The average Bonchev–Trinajstić information content (AvgIpc) is 2.90. The Bertz CT molecular complexity index is 629. The van der Waals surface area contributed by atoms with Crippen LogP contribution in [0, 0.1) is 11.3 Å². The van der Waals surface area contributed by atoms with Crippen LogP contribution in [0.25, 0.3) is 0 Å². The van der Waals surface area contributed by atoms with Crippen molar-refractivity contribution >= 4 is 5.97 Å². The number of aliphatic hydroxyl groups is 2. The Balaban J connectivity index is 1.98. The topological polar surface area (TPSA) is 76.0 Å². The fourth-order valence-electron chi connectivity index (χ4n) is 4.30. The summed E-state index contributed by atoms with van der Waals surface area (Å²) in [6, 6.07) is 0. The third kappa shape index (κ3) is 5.09. The molecule has 0 bridgehead atoms. The van der Waals surface area contributed by atoms with Crippen LogP contribution in [-0.2, 0) is 14.3 Å². The number of cyclic esters (lactones) is 1. The van der Waals surface area contributed by atoms with Gasteiger partial charge >= 0.3 is 5.97 Å². The van der Waals surface area contributed by atoms with Crippen LogP contribution in [0.2, 0.25) is 0 Å². The predicted octanol–water partition coefficient (Wildman–Crippen LogP) is 3.66. The summed E-state index contributed by atoms with van der Waals surface area (Å²) in [7, 11) is 0. The second-order valence-electron chi connectivity index (χ2n) is 8.28. The highest BCUT2D eigenvalue weighted by atomic mass is 16.7. The van der Waals surface area contributed by atoms with Gasteiger partial charge in [0, 0.05) is 17.8 Å². The quantitative estimate of drug-likeness (QED) is 0.473. The van der Waals surface area contributed by atoms with E-state index in [0.717, 1.165) is 48.0 Å². The smallest absolute Gasteiger partial charge is 0.337 e. The van der Waals surface area contributed by atoms with E-state index in [1.54, 1.807) is 13.0 Å². The van der Waals surface area contributed by atoms with Gasteiger partial charge in [-0.2, -0.15) is 0 Å². The Morgan fingerprint density at radius 1 is 1.48 bits per heavy atom. The Kier molecular flexibility index (Phi) is 7.43. The first kappa shape index (κ1) is 21.9. The number of ether oxygens (including phenoxy) is 2. The molecule has 27 heavy (non-hydrogen) atoms. The highest BCUT2D eigenvalue weighted by Gasteiger charge is 2.48. The van der Waals surface area contributed by atoms with E-state index >= 15 is 0 Å². The fraction of sp³-hybridized carbons (Fsp3) is 0.682. The number of carbonyl (C=O) groups is 1. The van der Waals surface area contributed by atoms with Crippen LogP contribution in [0.4, 0.5) is 0 Å². The summed E-state index contributed by atoms with van der Waals surface area (Å²) in [5, 5.41) is 19.1. The van der Waals surface area contributed by atoms with Crippen molar-refractivity contribution in [2.24, 2.45) is 11.3 Å². The zero-order chi connectivity index (χ0) is 20.2. The Morgan fingerprint density at radius 2 is 2.19 bits per heavy atom. The van der Waals surface area contributed by atoms with Gasteiger partial charge in [0.05, 0.1) is 12.7 Å². The van der Waals surface area contributed by atoms with Gasteiger partial charge in [-0.25, -0.2) is 4.79 Å². The van der Waals surface area contributed by atoms with Crippen molar-refractivity contribution in [2.75, 3.05) is 13.2 Å². The number of esters is 1. The molecule has 0 amide bonds. The number of carbonyl (C=O) groups excluding carboxylic acids is 1. The van der Waals surface area contributed by atoms with Gasteiger partial charge in [0.1, 0.15) is 0 Å². The lowest BCUT2D eigenvalue weighted by Crippen LogP contribution is -2.33. The fourth-order valence-corrected chi connectivity index (χ4v) is 4.30. The van der Waals surface area contributed by atoms with Gasteiger partial charge in [-0.3, -0.25) is 0 Å². The highest BCUT2D eigenvalue weighted by molar-refractivity contribution is 5.93. The molecule has 2 aliphatic rings. The molecule has 2 rings (SSSR count). The molecule has 5 heteroatoms. The summed E-state index contributed by atoms with van der Waals surface area (Å²) in [5.41, 5.74) is 3.29. The Morgan fingerprint density at radius 3 is 2.81 bits per heavy atom. The summed E-state index contributed by atoms with van der Waals surface area (Å²) in [5.74, 6) is 0.116. The van der Waals surface area contributed by atoms with Crippen molar-refractivity contribution in [1.82, 2.24) is 0 Å². The van der Waals surface area contributed by atoms with E-state index in [4.69, 9.17) is 14.6 Å². The number of hydrogen-bond acceptors (Lipinski definition) is 5. The first-order chi connectivity index (χ1) is 12.7. The maximum absolute atomic E-state index is 12.4. The van der Waals surface area contributed by atoms with Crippen molar-refractivity contribution < 1.29 is 24.5 Å². The van der Waals surface area contributed by atoms with E-state index in [2.05, 4.69) is 20.4 Å². The highest BCUT2D eigenvalue weighted by Crippen LogP contribution is 2.51. The molecule has 0 saturated heterocycles. The monoisotopic (exact) mass is 378 g/mol. The third-order valence-electron chi connectivity index (χ3n) is 5.84. The largest absolute Gasteiger partial charge is 0.428 e. The second kappa shape index (κ2) is 9.18. The first-order valence-corrected chi connectivity index (χ1v) is 9.89. The summed E-state index contributed by atoms with van der Waals surface area (Å²) in [6.07, 6.45) is 4.59.